The molecule has 2 aromatic carbocycles. The predicted octanol–water partition coefficient (Wildman–Crippen LogP) is 4.23. The summed E-state index contributed by atoms with van der Waals surface area (Å²) in [4.78, 5) is 12.7. The highest BCUT2D eigenvalue weighted by Crippen LogP contribution is 2.30. The quantitative estimate of drug-likeness (QED) is 0.755. The Balaban J connectivity index is 2.57. The van der Waals surface area contributed by atoms with E-state index in [1.165, 1.54) is 19.2 Å². The second-order valence-electron chi connectivity index (χ2n) is 4.22. The molecule has 0 heterocycles. The zero-order valence-corrected chi connectivity index (χ0v) is 13.2. The molecule has 0 radical (unpaired) electrons. The smallest absolute Gasteiger partial charge is 0.203 e. The van der Waals surface area contributed by atoms with Crippen molar-refractivity contribution in [1.82, 2.24) is 0 Å². The van der Waals surface area contributed by atoms with E-state index < -0.39 is 11.6 Å². The zero-order valence-electron chi connectivity index (χ0n) is 11.7. The van der Waals surface area contributed by atoms with Crippen LogP contribution in [0.5, 0.6) is 11.5 Å². The highest BCUT2D eigenvalue weighted by Gasteiger charge is 2.22. The van der Waals surface area contributed by atoms with Gasteiger partial charge in [-0.2, -0.15) is 0 Å². The number of carbonyl (C=O) groups is 1. The van der Waals surface area contributed by atoms with Crippen LogP contribution in [0.15, 0.2) is 40.9 Å². The van der Waals surface area contributed by atoms with Crippen LogP contribution in [0.4, 0.5) is 4.39 Å². The summed E-state index contributed by atoms with van der Waals surface area (Å²) in [7, 11) is 1.40. The molecule has 0 bridgehead atoms. The largest absolute Gasteiger partial charge is 0.496 e. The molecule has 2 aromatic rings. The first-order chi connectivity index (χ1) is 10.1. The van der Waals surface area contributed by atoms with E-state index in [0.717, 1.165) is 0 Å². The van der Waals surface area contributed by atoms with E-state index in [0.29, 0.717) is 16.8 Å². The summed E-state index contributed by atoms with van der Waals surface area (Å²) in [6, 6.07) is 9.33. The van der Waals surface area contributed by atoms with E-state index in [4.69, 9.17) is 9.47 Å². The Hall–Kier alpha value is -1.88. The minimum atomic E-state index is -0.623. The predicted molar refractivity (Wildman–Crippen MR) is 81.7 cm³/mol. The Labute approximate surface area is 130 Å². The first-order valence-electron chi connectivity index (χ1n) is 6.38. The minimum absolute atomic E-state index is 0.0981. The summed E-state index contributed by atoms with van der Waals surface area (Å²) in [6.07, 6.45) is 0. The van der Waals surface area contributed by atoms with Gasteiger partial charge in [-0.15, -0.1) is 0 Å². The summed E-state index contributed by atoms with van der Waals surface area (Å²) in [5, 5.41) is 0. The monoisotopic (exact) mass is 352 g/mol. The number of hydrogen-bond donors (Lipinski definition) is 0. The number of benzene rings is 2. The Morgan fingerprint density at radius 2 is 2.00 bits per heavy atom. The highest BCUT2D eigenvalue weighted by molar-refractivity contribution is 9.10. The van der Waals surface area contributed by atoms with Crippen molar-refractivity contribution in [1.29, 1.82) is 0 Å². The Morgan fingerprint density at radius 1 is 1.24 bits per heavy atom. The maximum Gasteiger partial charge on any atom is 0.203 e. The Kier molecular flexibility index (Phi) is 4.96. The molecule has 0 unspecified atom stereocenters. The van der Waals surface area contributed by atoms with Crippen LogP contribution in [0, 0.1) is 5.82 Å². The van der Waals surface area contributed by atoms with Gasteiger partial charge in [-0.1, -0.05) is 22.0 Å². The Morgan fingerprint density at radius 3 is 2.67 bits per heavy atom. The maximum atomic E-state index is 14.0. The molecule has 0 amide bonds. The van der Waals surface area contributed by atoms with Gasteiger partial charge in [-0.05, 0) is 37.3 Å². The number of methoxy groups -OCH3 is 1. The molecule has 0 aromatic heterocycles. The van der Waals surface area contributed by atoms with Crippen molar-refractivity contribution in [2.24, 2.45) is 0 Å². The highest BCUT2D eigenvalue weighted by atomic mass is 79.9. The van der Waals surface area contributed by atoms with Gasteiger partial charge in [0.2, 0.25) is 5.78 Å². The van der Waals surface area contributed by atoms with Crippen molar-refractivity contribution in [3.05, 3.63) is 57.8 Å². The van der Waals surface area contributed by atoms with Crippen LogP contribution in [-0.2, 0) is 0 Å². The normalized spacial score (nSPS) is 10.3. The molecule has 110 valence electrons. The van der Waals surface area contributed by atoms with E-state index in [9.17, 15) is 9.18 Å². The molecule has 0 spiro atoms. The van der Waals surface area contributed by atoms with E-state index in [-0.39, 0.29) is 16.9 Å². The lowest BCUT2D eigenvalue weighted by Crippen LogP contribution is -2.09. The van der Waals surface area contributed by atoms with E-state index in [1.54, 1.807) is 24.3 Å². The topological polar surface area (TPSA) is 35.5 Å². The van der Waals surface area contributed by atoms with E-state index in [2.05, 4.69) is 15.9 Å². The first-order valence-corrected chi connectivity index (χ1v) is 7.17. The molecule has 0 aliphatic rings. The summed E-state index contributed by atoms with van der Waals surface area (Å²) in [5.74, 6) is -0.491. The molecule has 0 N–H and O–H groups in total. The van der Waals surface area contributed by atoms with Crippen molar-refractivity contribution in [2.75, 3.05) is 13.7 Å². The molecule has 0 saturated carbocycles. The second kappa shape index (κ2) is 6.72. The average molecular weight is 353 g/mol. The molecule has 0 atom stereocenters. The van der Waals surface area contributed by atoms with Crippen LogP contribution in [0.3, 0.4) is 0 Å². The molecular weight excluding hydrogens is 339 g/mol. The standard InChI is InChI=1S/C16H14BrFO3/c1-3-21-13-8-7-10(17)9-11(13)16(19)15-12(18)5-4-6-14(15)20-2/h4-9H,3H2,1-2H3. The lowest BCUT2D eigenvalue weighted by Gasteiger charge is -2.12. The molecule has 21 heavy (non-hydrogen) atoms. The van der Waals surface area contributed by atoms with Crippen LogP contribution >= 0.6 is 15.9 Å². The number of ketones is 1. The van der Waals surface area contributed by atoms with Crippen LogP contribution in [0.2, 0.25) is 0 Å². The van der Waals surface area contributed by atoms with Crippen LogP contribution in [-0.4, -0.2) is 19.5 Å². The lowest BCUT2D eigenvalue weighted by atomic mass is 10.0. The van der Waals surface area contributed by atoms with E-state index >= 15 is 0 Å². The molecule has 0 saturated heterocycles. The van der Waals surface area contributed by atoms with Gasteiger partial charge in [0.05, 0.1) is 19.3 Å². The van der Waals surface area contributed by atoms with Crippen LogP contribution in [0.1, 0.15) is 22.8 Å². The van der Waals surface area contributed by atoms with Gasteiger partial charge in [0.25, 0.3) is 0 Å². The molecule has 0 fully saturated rings. The average Bonchev–Trinajstić information content (AvgIpc) is 2.48. The summed E-state index contributed by atoms with van der Waals surface area (Å²) < 4.78 is 25.3. The molecule has 2 rings (SSSR count). The van der Waals surface area contributed by atoms with Gasteiger partial charge in [0.1, 0.15) is 22.9 Å². The minimum Gasteiger partial charge on any atom is -0.496 e. The first kappa shape index (κ1) is 15.5. The third-order valence-electron chi connectivity index (χ3n) is 2.91. The van der Waals surface area contributed by atoms with Gasteiger partial charge in [0, 0.05) is 4.47 Å². The summed E-state index contributed by atoms with van der Waals surface area (Å²) >= 11 is 3.31. The molecule has 0 aliphatic heterocycles. The molecular formula is C16H14BrFO3. The SMILES string of the molecule is CCOc1ccc(Br)cc1C(=O)c1c(F)cccc1OC. The number of hydrogen-bond acceptors (Lipinski definition) is 3. The maximum absolute atomic E-state index is 14.0. The fourth-order valence-electron chi connectivity index (χ4n) is 1.99. The summed E-state index contributed by atoms with van der Waals surface area (Å²) in [5.41, 5.74) is 0.189. The number of rotatable bonds is 5. The van der Waals surface area contributed by atoms with E-state index in [1.807, 2.05) is 6.92 Å². The van der Waals surface area contributed by atoms with Crippen LogP contribution in [0.25, 0.3) is 0 Å². The fourth-order valence-corrected chi connectivity index (χ4v) is 2.35. The van der Waals surface area contributed by atoms with Gasteiger partial charge in [-0.25, -0.2) is 4.39 Å². The number of halogens is 2. The van der Waals surface area contributed by atoms with Crippen molar-refractivity contribution in [2.45, 2.75) is 6.92 Å². The van der Waals surface area contributed by atoms with Crippen molar-refractivity contribution < 1.29 is 18.7 Å². The van der Waals surface area contributed by atoms with Gasteiger partial charge in [-0.3, -0.25) is 4.79 Å². The number of ether oxygens (including phenoxy) is 2. The third kappa shape index (κ3) is 3.24. The molecule has 3 nitrogen and oxygen atoms in total. The molecule has 5 heteroatoms. The van der Waals surface area contributed by atoms with Crippen molar-refractivity contribution in [3.63, 3.8) is 0 Å². The molecule has 0 aliphatic carbocycles. The van der Waals surface area contributed by atoms with Crippen molar-refractivity contribution >= 4 is 21.7 Å². The Bertz CT molecular complexity index is 671. The fraction of sp³-hybridized carbons (Fsp3) is 0.188. The summed E-state index contributed by atoms with van der Waals surface area (Å²) in [6.45, 7) is 2.23. The number of carbonyl (C=O) groups excluding carboxylic acids is 1. The van der Waals surface area contributed by atoms with Crippen molar-refractivity contribution in [3.8, 4) is 11.5 Å². The van der Waals surface area contributed by atoms with Gasteiger partial charge < -0.3 is 9.47 Å². The van der Waals surface area contributed by atoms with Gasteiger partial charge >= 0.3 is 0 Å². The van der Waals surface area contributed by atoms with Crippen LogP contribution < -0.4 is 9.47 Å². The third-order valence-corrected chi connectivity index (χ3v) is 3.40. The zero-order chi connectivity index (χ0) is 15.4. The second-order valence-corrected chi connectivity index (χ2v) is 5.14. The van der Waals surface area contributed by atoms with Gasteiger partial charge in [0.15, 0.2) is 0 Å². The lowest BCUT2D eigenvalue weighted by molar-refractivity contribution is 0.102.